The number of nitrogens with two attached hydrogens (primary N) is 1. The molecular weight excluding hydrogens is 252 g/mol. The lowest BCUT2D eigenvalue weighted by molar-refractivity contribution is -0.139. The average molecular weight is 276 g/mol. The summed E-state index contributed by atoms with van der Waals surface area (Å²) in [5.74, 6) is 0.188. The number of anilines is 1. The van der Waals surface area contributed by atoms with Crippen molar-refractivity contribution in [2.24, 2.45) is 5.92 Å². The molecule has 2 unspecified atom stereocenters. The highest BCUT2D eigenvalue weighted by atomic mass is 16.5. The molecule has 1 saturated heterocycles. The molecule has 1 aromatic carbocycles. The highest BCUT2D eigenvalue weighted by Gasteiger charge is 2.34. The predicted octanol–water partition coefficient (Wildman–Crippen LogP) is 2.43. The first-order chi connectivity index (χ1) is 9.49. The molecule has 0 radical (unpaired) electrons. The SMILES string of the molecule is CC1OCCC1C(=O)N(Cc1ccc(N)cc1)C(C)C. The Morgan fingerprint density at radius 2 is 2.05 bits per heavy atom. The van der Waals surface area contributed by atoms with E-state index in [0.29, 0.717) is 13.2 Å². The lowest BCUT2D eigenvalue weighted by atomic mass is 9.99. The van der Waals surface area contributed by atoms with Crippen molar-refractivity contribution < 1.29 is 9.53 Å². The van der Waals surface area contributed by atoms with E-state index in [-0.39, 0.29) is 24.0 Å². The fourth-order valence-electron chi connectivity index (χ4n) is 2.60. The molecule has 1 aliphatic heterocycles. The van der Waals surface area contributed by atoms with Gasteiger partial charge in [-0.05, 0) is 44.9 Å². The van der Waals surface area contributed by atoms with Gasteiger partial charge in [0.15, 0.2) is 0 Å². The monoisotopic (exact) mass is 276 g/mol. The molecule has 1 aromatic rings. The summed E-state index contributed by atoms with van der Waals surface area (Å²) in [5, 5.41) is 0. The Kier molecular flexibility index (Phi) is 4.65. The summed E-state index contributed by atoms with van der Waals surface area (Å²) in [7, 11) is 0. The van der Waals surface area contributed by atoms with Gasteiger partial charge in [0.05, 0.1) is 12.0 Å². The zero-order valence-corrected chi connectivity index (χ0v) is 12.5. The number of hydrogen-bond acceptors (Lipinski definition) is 3. The lowest BCUT2D eigenvalue weighted by Crippen LogP contribution is -2.42. The summed E-state index contributed by atoms with van der Waals surface area (Å²) in [4.78, 5) is 14.6. The first-order valence-corrected chi connectivity index (χ1v) is 7.25. The summed E-state index contributed by atoms with van der Waals surface area (Å²) in [5.41, 5.74) is 7.55. The molecule has 1 fully saturated rings. The van der Waals surface area contributed by atoms with E-state index >= 15 is 0 Å². The molecule has 1 heterocycles. The Labute approximate surface area is 120 Å². The van der Waals surface area contributed by atoms with E-state index in [9.17, 15) is 4.79 Å². The van der Waals surface area contributed by atoms with Crippen molar-refractivity contribution in [1.29, 1.82) is 0 Å². The third-order valence-corrected chi connectivity index (χ3v) is 3.93. The maximum Gasteiger partial charge on any atom is 0.228 e. The molecule has 0 spiro atoms. The molecule has 4 nitrogen and oxygen atoms in total. The van der Waals surface area contributed by atoms with Crippen molar-refractivity contribution in [2.75, 3.05) is 12.3 Å². The van der Waals surface area contributed by atoms with Crippen LogP contribution in [0.15, 0.2) is 24.3 Å². The van der Waals surface area contributed by atoms with Crippen LogP contribution in [-0.2, 0) is 16.1 Å². The van der Waals surface area contributed by atoms with Crippen LogP contribution >= 0.6 is 0 Å². The van der Waals surface area contributed by atoms with Crippen molar-refractivity contribution in [3.63, 3.8) is 0 Å². The lowest BCUT2D eigenvalue weighted by Gasteiger charge is -2.30. The normalized spacial score (nSPS) is 22.2. The molecule has 2 N–H and O–H groups in total. The fourth-order valence-corrected chi connectivity index (χ4v) is 2.60. The van der Waals surface area contributed by atoms with E-state index in [0.717, 1.165) is 17.7 Å². The molecule has 20 heavy (non-hydrogen) atoms. The zero-order valence-electron chi connectivity index (χ0n) is 12.5. The number of ether oxygens (including phenoxy) is 1. The third-order valence-electron chi connectivity index (χ3n) is 3.93. The van der Waals surface area contributed by atoms with E-state index < -0.39 is 0 Å². The second-order valence-corrected chi connectivity index (χ2v) is 5.77. The first kappa shape index (κ1) is 14.9. The molecule has 110 valence electrons. The van der Waals surface area contributed by atoms with Crippen LogP contribution in [0.2, 0.25) is 0 Å². The van der Waals surface area contributed by atoms with Crippen molar-refractivity contribution in [3.05, 3.63) is 29.8 Å². The number of amides is 1. The van der Waals surface area contributed by atoms with Gasteiger partial charge >= 0.3 is 0 Å². The first-order valence-electron chi connectivity index (χ1n) is 7.25. The van der Waals surface area contributed by atoms with Crippen molar-refractivity contribution >= 4 is 11.6 Å². The average Bonchev–Trinajstić information content (AvgIpc) is 2.83. The number of carbonyl (C=O) groups is 1. The molecular formula is C16H24N2O2. The topological polar surface area (TPSA) is 55.6 Å². The van der Waals surface area contributed by atoms with Crippen LogP contribution in [0.1, 0.15) is 32.8 Å². The fraction of sp³-hybridized carbons (Fsp3) is 0.562. The van der Waals surface area contributed by atoms with E-state index in [1.165, 1.54) is 0 Å². The van der Waals surface area contributed by atoms with Gasteiger partial charge in [-0.25, -0.2) is 0 Å². The Morgan fingerprint density at radius 3 is 2.55 bits per heavy atom. The Bertz CT molecular complexity index is 456. The van der Waals surface area contributed by atoms with Crippen molar-refractivity contribution in [3.8, 4) is 0 Å². The number of nitrogen functional groups attached to an aromatic ring is 1. The summed E-state index contributed by atoms with van der Waals surface area (Å²) >= 11 is 0. The van der Waals surface area contributed by atoms with Crippen molar-refractivity contribution in [1.82, 2.24) is 4.90 Å². The number of carbonyl (C=O) groups excluding carboxylic acids is 1. The van der Waals surface area contributed by atoms with Gasteiger partial charge in [0.1, 0.15) is 0 Å². The minimum atomic E-state index is -0.00817. The van der Waals surface area contributed by atoms with Crippen LogP contribution in [0.4, 0.5) is 5.69 Å². The Hall–Kier alpha value is -1.55. The number of benzene rings is 1. The maximum absolute atomic E-state index is 12.7. The van der Waals surface area contributed by atoms with Crippen LogP contribution < -0.4 is 5.73 Å². The van der Waals surface area contributed by atoms with Crippen LogP contribution in [0.25, 0.3) is 0 Å². The quantitative estimate of drug-likeness (QED) is 0.859. The molecule has 1 aliphatic rings. The number of rotatable bonds is 4. The molecule has 2 rings (SSSR count). The van der Waals surface area contributed by atoms with Gasteiger partial charge < -0.3 is 15.4 Å². The van der Waals surface area contributed by atoms with Crippen LogP contribution in [0, 0.1) is 5.92 Å². The molecule has 4 heteroatoms. The van der Waals surface area contributed by atoms with Gasteiger partial charge in [0.25, 0.3) is 0 Å². The minimum absolute atomic E-state index is 0.00817. The molecule has 0 saturated carbocycles. The van der Waals surface area contributed by atoms with Crippen molar-refractivity contribution in [2.45, 2.75) is 45.9 Å². The molecule has 1 amide bonds. The second kappa shape index (κ2) is 6.27. The smallest absolute Gasteiger partial charge is 0.228 e. The third kappa shape index (κ3) is 3.31. The Morgan fingerprint density at radius 1 is 1.40 bits per heavy atom. The highest BCUT2D eigenvalue weighted by molar-refractivity contribution is 5.80. The van der Waals surface area contributed by atoms with Gasteiger partial charge in [-0.15, -0.1) is 0 Å². The molecule has 0 aromatic heterocycles. The summed E-state index contributed by atoms with van der Waals surface area (Å²) in [6, 6.07) is 7.88. The summed E-state index contributed by atoms with van der Waals surface area (Å²) in [6.07, 6.45) is 0.848. The Balaban J connectivity index is 2.10. The minimum Gasteiger partial charge on any atom is -0.399 e. The standard InChI is InChI=1S/C16H24N2O2/c1-11(2)18(10-13-4-6-14(17)7-5-13)16(19)15-8-9-20-12(15)3/h4-7,11-12,15H,8-10,17H2,1-3H3. The summed E-state index contributed by atoms with van der Waals surface area (Å²) < 4.78 is 5.52. The molecule has 2 atom stereocenters. The van der Waals surface area contributed by atoms with Gasteiger partial charge in [-0.2, -0.15) is 0 Å². The van der Waals surface area contributed by atoms with Gasteiger partial charge in [-0.1, -0.05) is 12.1 Å². The van der Waals surface area contributed by atoms with Gasteiger partial charge in [0, 0.05) is 24.9 Å². The van der Waals surface area contributed by atoms with Crippen LogP contribution in [-0.4, -0.2) is 29.6 Å². The zero-order chi connectivity index (χ0) is 14.7. The van der Waals surface area contributed by atoms with E-state index in [4.69, 9.17) is 10.5 Å². The van der Waals surface area contributed by atoms with Gasteiger partial charge in [0.2, 0.25) is 5.91 Å². The molecule has 0 bridgehead atoms. The maximum atomic E-state index is 12.7. The van der Waals surface area contributed by atoms with E-state index in [1.54, 1.807) is 0 Å². The number of nitrogens with zero attached hydrogens (tertiary/aromatic N) is 1. The highest BCUT2D eigenvalue weighted by Crippen LogP contribution is 2.24. The second-order valence-electron chi connectivity index (χ2n) is 5.77. The van der Waals surface area contributed by atoms with Gasteiger partial charge in [-0.3, -0.25) is 4.79 Å². The van der Waals surface area contributed by atoms with Crippen LogP contribution in [0.3, 0.4) is 0 Å². The largest absolute Gasteiger partial charge is 0.399 e. The van der Waals surface area contributed by atoms with E-state index in [1.807, 2.05) is 36.1 Å². The summed E-state index contributed by atoms with van der Waals surface area (Å²) in [6.45, 7) is 7.40. The molecule has 0 aliphatic carbocycles. The predicted molar refractivity (Wildman–Crippen MR) is 80.1 cm³/mol. The van der Waals surface area contributed by atoms with E-state index in [2.05, 4.69) is 13.8 Å². The number of hydrogen-bond donors (Lipinski definition) is 1. The van der Waals surface area contributed by atoms with Crippen LogP contribution in [0.5, 0.6) is 0 Å².